The van der Waals surface area contributed by atoms with Gasteiger partial charge in [-0.1, -0.05) is 12.1 Å². The lowest BCUT2D eigenvalue weighted by Gasteiger charge is -2.36. The van der Waals surface area contributed by atoms with Gasteiger partial charge in [0.25, 0.3) is 0 Å². The molecule has 0 aliphatic carbocycles. The van der Waals surface area contributed by atoms with Gasteiger partial charge in [0.2, 0.25) is 0 Å². The predicted octanol–water partition coefficient (Wildman–Crippen LogP) is 1.84. The molecule has 0 saturated carbocycles. The molecule has 4 heteroatoms. The van der Waals surface area contributed by atoms with E-state index in [0.717, 1.165) is 24.4 Å². The van der Waals surface area contributed by atoms with Crippen molar-refractivity contribution in [2.45, 2.75) is 39.1 Å². The fourth-order valence-electron chi connectivity index (χ4n) is 2.68. The van der Waals surface area contributed by atoms with Crippen LogP contribution in [0.4, 0.5) is 0 Å². The van der Waals surface area contributed by atoms with Gasteiger partial charge in [-0.05, 0) is 38.5 Å². The highest BCUT2D eigenvalue weighted by Crippen LogP contribution is 2.14. The molecule has 0 spiro atoms. The minimum Gasteiger partial charge on any atom is -0.491 e. The van der Waals surface area contributed by atoms with Crippen LogP contribution in [0, 0.1) is 6.92 Å². The number of benzene rings is 1. The van der Waals surface area contributed by atoms with Crippen LogP contribution in [0.3, 0.4) is 0 Å². The number of ether oxygens (including phenoxy) is 2. The zero-order valence-electron chi connectivity index (χ0n) is 12.6. The topological polar surface area (TPSA) is 41.9 Å². The van der Waals surface area contributed by atoms with Gasteiger partial charge in [0.15, 0.2) is 0 Å². The molecular formula is C16H25NO3. The zero-order chi connectivity index (χ0) is 14.5. The third-order valence-electron chi connectivity index (χ3n) is 3.40. The van der Waals surface area contributed by atoms with Crippen LogP contribution in [-0.2, 0) is 4.74 Å². The number of nitrogens with zero attached hydrogens (tertiary/aromatic N) is 1. The van der Waals surface area contributed by atoms with Crippen LogP contribution in [0.1, 0.15) is 19.4 Å². The summed E-state index contributed by atoms with van der Waals surface area (Å²) in [6, 6.07) is 7.88. The molecule has 0 amide bonds. The second-order valence-corrected chi connectivity index (χ2v) is 5.76. The summed E-state index contributed by atoms with van der Waals surface area (Å²) in [4.78, 5) is 2.24. The van der Waals surface area contributed by atoms with Crippen molar-refractivity contribution in [3.8, 4) is 5.75 Å². The molecule has 1 aromatic carbocycles. The molecule has 20 heavy (non-hydrogen) atoms. The van der Waals surface area contributed by atoms with Crippen LogP contribution in [0.2, 0.25) is 0 Å². The van der Waals surface area contributed by atoms with Crippen LogP contribution < -0.4 is 4.74 Å². The summed E-state index contributed by atoms with van der Waals surface area (Å²) in [5, 5.41) is 10.1. The molecule has 1 heterocycles. The number of morpholine rings is 1. The standard InChI is InChI=1S/C16H25NO3/c1-12-5-4-6-16(7-12)19-11-15(18)10-17-8-13(2)20-14(3)9-17/h4-7,13-15,18H,8-11H2,1-3H3/t13-,14-,15+/m0/s1. The van der Waals surface area contributed by atoms with Gasteiger partial charge >= 0.3 is 0 Å². The Morgan fingerprint density at radius 1 is 1.35 bits per heavy atom. The van der Waals surface area contributed by atoms with E-state index in [2.05, 4.69) is 18.7 Å². The molecule has 0 unspecified atom stereocenters. The number of aryl methyl sites for hydroxylation is 1. The number of aliphatic hydroxyl groups excluding tert-OH is 1. The van der Waals surface area contributed by atoms with E-state index in [9.17, 15) is 5.11 Å². The quantitative estimate of drug-likeness (QED) is 0.893. The van der Waals surface area contributed by atoms with Crippen molar-refractivity contribution in [3.05, 3.63) is 29.8 Å². The molecule has 3 atom stereocenters. The first-order valence-electron chi connectivity index (χ1n) is 7.28. The van der Waals surface area contributed by atoms with E-state index >= 15 is 0 Å². The lowest BCUT2D eigenvalue weighted by molar-refractivity contribution is -0.0786. The van der Waals surface area contributed by atoms with Gasteiger partial charge in [-0.25, -0.2) is 0 Å². The van der Waals surface area contributed by atoms with Gasteiger partial charge in [0.05, 0.1) is 12.2 Å². The maximum absolute atomic E-state index is 10.1. The number of β-amino-alcohol motifs (C(OH)–C–C–N with tert-alkyl or cyclic N) is 1. The minimum absolute atomic E-state index is 0.226. The highest BCUT2D eigenvalue weighted by atomic mass is 16.5. The van der Waals surface area contributed by atoms with Gasteiger partial charge in [0.1, 0.15) is 18.5 Å². The Bertz CT molecular complexity index is 414. The van der Waals surface area contributed by atoms with Gasteiger partial charge in [-0.3, -0.25) is 4.90 Å². The van der Waals surface area contributed by atoms with Crippen molar-refractivity contribution in [2.24, 2.45) is 0 Å². The van der Waals surface area contributed by atoms with Gasteiger partial charge in [-0.15, -0.1) is 0 Å². The van der Waals surface area contributed by atoms with E-state index in [0.29, 0.717) is 13.2 Å². The molecule has 1 fully saturated rings. The summed E-state index contributed by atoms with van der Waals surface area (Å²) in [6.45, 7) is 8.85. The van der Waals surface area contributed by atoms with E-state index in [1.165, 1.54) is 0 Å². The molecule has 0 aromatic heterocycles. The van der Waals surface area contributed by atoms with E-state index in [1.54, 1.807) is 0 Å². The van der Waals surface area contributed by atoms with Crippen molar-refractivity contribution in [2.75, 3.05) is 26.2 Å². The SMILES string of the molecule is Cc1cccc(OC[C@H](O)CN2C[C@H](C)O[C@@H](C)C2)c1. The average Bonchev–Trinajstić information content (AvgIpc) is 2.35. The lowest BCUT2D eigenvalue weighted by atomic mass is 10.2. The minimum atomic E-state index is -0.479. The summed E-state index contributed by atoms with van der Waals surface area (Å²) in [5.74, 6) is 0.813. The summed E-state index contributed by atoms with van der Waals surface area (Å²) >= 11 is 0. The maximum Gasteiger partial charge on any atom is 0.119 e. The summed E-state index contributed by atoms with van der Waals surface area (Å²) < 4.78 is 11.3. The summed E-state index contributed by atoms with van der Waals surface area (Å²) in [6.07, 6.45) is -0.0275. The van der Waals surface area contributed by atoms with E-state index in [4.69, 9.17) is 9.47 Å². The summed E-state index contributed by atoms with van der Waals surface area (Å²) in [5.41, 5.74) is 1.16. The molecule has 1 aliphatic heterocycles. The first kappa shape index (κ1) is 15.3. The Balaban J connectivity index is 1.76. The lowest BCUT2D eigenvalue weighted by Crippen LogP contribution is -2.48. The fraction of sp³-hybridized carbons (Fsp3) is 0.625. The van der Waals surface area contributed by atoms with E-state index < -0.39 is 6.10 Å². The second-order valence-electron chi connectivity index (χ2n) is 5.76. The first-order valence-corrected chi connectivity index (χ1v) is 7.28. The highest BCUT2D eigenvalue weighted by Gasteiger charge is 2.23. The zero-order valence-corrected chi connectivity index (χ0v) is 12.6. The van der Waals surface area contributed by atoms with Crippen molar-refractivity contribution >= 4 is 0 Å². The van der Waals surface area contributed by atoms with Crippen LogP contribution in [0.5, 0.6) is 5.75 Å². The normalized spacial score (nSPS) is 25.4. The van der Waals surface area contributed by atoms with Crippen molar-refractivity contribution in [1.82, 2.24) is 4.90 Å². The number of hydrogen-bond acceptors (Lipinski definition) is 4. The number of rotatable bonds is 5. The molecule has 1 saturated heterocycles. The molecule has 4 nitrogen and oxygen atoms in total. The van der Waals surface area contributed by atoms with Crippen LogP contribution in [0.25, 0.3) is 0 Å². The van der Waals surface area contributed by atoms with Crippen LogP contribution in [0.15, 0.2) is 24.3 Å². The summed E-state index contributed by atoms with van der Waals surface area (Å²) in [7, 11) is 0. The smallest absolute Gasteiger partial charge is 0.119 e. The monoisotopic (exact) mass is 279 g/mol. The molecule has 112 valence electrons. The van der Waals surface area contributed by atoms with Gasteiger partial charge in [-0.2, -0.15) is 0 Å². The molecule has 1 N–H and O–H groups in total. The largest absolute Gasteiger partial charge is 0.491 e. The van der Waals surface area contributed by atoms with Gasteiger partial charge < -0.3 is 14.6 Å². The van der Waals surface area contributed by atoms with Crippen molar-refractivity contribution < 1.29 is 14.6 Å². The third-order valence-corrected chi connectivity index (χ3v) is 3.40. The molecule has 1 aliphatic rings. The molecule has 2 rings (SSSR count). The van der Waals surface area contributed by atoms with Gasteiger partial charge in [0, 0.05) is 19.6 Å². The Morgan fingerprint density at radius 3 is 2.70 bits per heavy atom. The molecule has 0 bridgehead atoms. The van der Waals surface area contributed by atoms with Crippen molar-refractivity contribution in [1.29, 1.82) is 0 Å². The Hall–Kier alpha value is -1.10. The molecule has 0 radical (unpaired) electrons. The third kappa shape index (κ3) is 4.78. The predicted molar refractivity (Wildman–Crippen MR) is 79.1 cm³/mol. The highest BCUT2D eigenvalue weighted by molar-refractivity contribution is 5.27. The van der Waals surface area contributed by atoms with Crippen molar-refractivity contribution in [3.63, 3.8) is 0 Å². The second kappa shape index (κ2) is 7.07. The van der Waals surface area contributed by atoms with E-state index in [-0.39, 0.29) is 12.2 Å². The van der Waals surface area contributed by atoms with E-state index in [1.807, 2.05) is 31.2 Å². The molecular weight excluding hydrogens is 254 g/mol. The number of aliphatic hydroxyl groups is 1. The van der Waals surface area contributed by atoms with Crippen LogP contribution in [-0.4, -0.2) is 54.6 Å². The number of hydrogen-bond donors (Lipinski definition) is 1. The Kier molecular flexibility index (Phi) is 5.40. The molecule has 1 aromatic rings. The van der Waals surface area contributed by atoms with Crippen LogP contribution >= 0.6 is 0 Å². The maximum atomic E-state index is 10.1. The Morgan fingerprint density at radius 2 is 2.05 bits per heavy atom. The average molecular weight is 279 g/mol. The fourth-order valence-corrected chi connectivity index (χ4v) is 2.68. The Labute approximate surface area is 121 Å². The first-order chi connectivity index (χ1) is 9.52.